The molecule has 1 saturated heterocycles. The fraction of sp³-hybridized carbons (Fsp3) is 0.818. The van der Waals surface area contributed by atoms with Gasteiger partial charge in [-0.1, -0.05) is 6.92 Å². The van der Waals surface area contributed by atoms with E-state index in [1.54, 1.807) is 6.92 Å². The number of carboxylic acid groups (broad SMARTS) is 1. The Labute approximate surface area is 101 Å². The molecule has 1 aliphatic rings. The first-order valence-electron chi connectivity index (χ1n) is 5.98. The van der Waals surface area contributed by atoms with Gasteiger partial charge < -0.3 is 20.5 Å². The summed E-state index contributed by atoms with van der Waals surface area (Å²) in [5.74, 6) is -0.497. The van der Waals surface area contributed by atoms with E-state index in [0.29, 0.717) is 18.9 Å². The lowest BCUT2D eigenvalue weighted by molar-refractivity contribution is -0.139. The summed E-state index contributed by atoms with van der Waals surface area (Å²) in [6.07, 6.45) is 2.28. The third-order valence-corrected chi connectivity index (χ3v) is 2.87. The summed E-state index contributed by atoms with van der Waals surface area (Å²) in [4.78, 5) is 22.1. The van der Waals surface area contributed by atoms with Crippen molar-refractivity contribution >= 4 is 12.0 Å². The Morgan fingerprint density at radius 3 is 2.82 bits per heavy atom. The zero-order valence-corrected chi connectivity index (χ0v) is 10.1. The van der Waals surface area contributed by atoms with Crippen LogP contribution in [-0.4, -0.2) is 42.9 Å². The van der Waals surface area contributed by atoms with Crippen LogP contribution in [0.25, 0.3) is 0 Å². The molecule has 6 heteroatoms. The van der Waals surface area contributed by atoms with Crippen molar-refractivity contribution in [3.05, 3.63) is 0 Å². The van der Waals surface area contributed by atoms with Gasteiger partial charge in [0.2, 0.25) is 0 Å². The molecule has 3 N–H and O–H groups in total. The quantitative estimate of drug-likeness (QED) is 0.637. The van der Waals surface area contributed by atoms with E-state index in [1.165, 1.54) is 0 Å². The molecule has 6 nitrogen and oxygen atoms in total. The molecule has 2 unspecified atom stereocenters. The molecule has 17 heavy (non-hydrogen) atoms. The summed E-state index contributed by atoms with van der Waals surface area (Å²) in [7, 11) is 0. The maximum absolute atomic E-state index is 11.4. The Morgan fingerprint density at radius 2 is 2.29 bits per heavy atom. The first kappa shape index (κ1) is 13.8. The van der Waals surface area contributed by atoms with Gasteiger partial charge in [0.15, 0.2) is 0 Å². The van der Waals surface area contributed by atoms with Crippen molar-refractivity contribution in [1.29, 1.82) is 0 Å². The van der Waals surface area contributed by atoms with E-state index in [9.17, 15) is 9.59 Å². The van der Waals surface area contributed by atoms with Gasteiger partial charge in [-0.15, -0.1) is 0 Å². The number of carbonyl (C=O) groups is 2. The second-order valence-electron chi connectivity index (χ2n) is 4.22. The molecule has 0 spiro atoms. The Hall–Kier alpha value is -1.30. The average molecular weight is 244 g/mol. The van der Waals surface area contributed by atoms with Crippen LogP contribution in [0.1, 0.15) is 26.2 Å². The molecule has 0 bridgehead atoms. The Kier molecular flexibility index (Phi) is 5.76. The molecule has 1 rings (SSSR count). The van der Waals surface area contributed by atoms with Crippen LogP contribution in [0.4, 0.5) is 4.79 Å². The number of hydrogen-bond acceptors (Lipinski definition) is 3. The van der Waals surface area contributed by atoms with Gasteiger partial charge in [0.25, 0.3) is 0 Å². The van der Waals surface area contributed by atoms with Gasteiger partial charge in [-0.05, 0) is 25.2 Å². The number of aliphatic carboxylic acids is 1. The summed E-state index contributed by atoms with van der Waals surface area (Å²) in [6.45, 7) is 3.83. The van der Waals surface area contributed by atoms with Gasteiger partial charge in [0.05, 0.1) is 0 Å². The van der Waals surface area contributed by atoms with Crippen molar-refractivity contribution < 1.29 is 19.4 Å². The highest BCUT2D eigenvalue weighted by Gasteiger charge is 2.18. The zero-order chi connectivity index (χ0) is 12.7. The summed E-state index contributed by atoms with van der Waals surface area (Å²) in [6, 6.07) is -1.23. The predicted molar refractivity (Wildman–Crippen MR) is 61.8 cm³/mol. The molecule has 0 saturated carbocycles. The zero-order valence-electron chi connectivity index (χ0n) is 10.1. The van der Waals surface area contributed by atoms with Crippen LogP contribution in [-0.2, 0) is 9.53 Å². The van der Waals surface area contributed by atoms with Crippen LogP contribution in [0.3, 0.4) is 0 Å². The van der Waals surface area contributed by atoms with Crippen molar-refractivity contribution in [3.63, 3.8) is 0 Å². The molecule has 2 amide bonds. The minimum atomic E-state index is -1.01. The van der Waals surface area contributed by atoms with E-state index >= 15 is 0 Å². The van der Waals surface area contributed by atoms with Crippen molar-refractivity contribution in [2.75, 3.05) is 19.8 Å². The first-order chi connectivity index (χ1) is 8.13. The number of carboxylic acids is 1. The molecule has 0 aromatic rings. The molecule has 2 atom stereocenters. The van der Waals surface area contributed by atoms with E-state index in [4.69, 9.17) is 9.84 Å². The highest BCUT2D eigenvalue weighted by Crippen LogP contribution is 2.14. The van der Waals surface area contributed by atoms with Crippen LogP contribution >= 0.6 is 0 Å². The number of carbonyl (C=O) groups excluding carboxylic acids is 1. The maximum atomic E-state index is 11.4. The predicted octanol–water partition coefficient (Wildman–Crippen LogP) is 0.575. The Morgan fingerprint density at radius 1 is 1.53 bits per heavy atom. The van der Waals surface area contributed by atoms with Gasteiger partial charge in [-0.2, -0.15) is 0 Å². The average Bonchev–Trinajstić information content (AvgIpc) is 2.78. The molecule has 1 aliphatic heterocycles. The third-order valence-electron chi connectivity index (χ3n) is 2.87. The second-order valence-corrected chi connectivity index (χ2v) is 4.22. The minimum Gasteiger partial charge on any atom is -0.480 e. The molecule has 1 fully saturated rings. The molecule has 0 aromatic carbocycles. The van der Waals surface area contributed by atoms with Gasteiger partial charge in [0.1, 0.15) is 6.04 Å². The fourth-order valence-corrected chi connectivity index (χ4v) is 1.75. The standard InChI is InChI=1S/C11H20N2O4/c1-2-9(10(14)15)13-11(16)12-5-3-8-4-6-17-7-8/h8-9H,2-7H2,1H3,(H,14,15)(H2,12,13,16). The van der Waals surface area contributed by atoms with Crippen LogP contribution < -0.4 is 10.6 Å². The SMILES string of the molecule is CCC(NC(=O)NCCC1CCOC1)C(=O)O. The molecular weight excluding hydrogens is 224 g/mol. The van der Waals surface area contributed by atoms with Crippen molar-refractivity contribution in [3.8, 4) is 0 Å². The number of urea groups is 1. The smallest absolute Gasteiger partial charge is 0.326 e. The maximum Gasteiger partial charge on any atom is 0.326 e. The highest BCUT2D eigenvalue weighted by molar-refractivity contribution is 5.82. The number of rotatable bonds is 6. The summed E-state index contributed by atoms with van der Waals surface area (Å²) in [5.41, 5.74) is 0. The monoisotopic (exact) mass is 244 g/mol. The minimum absolute atomic E-state index is 0.374. The van der Waals surface area contributed by atoms with E-state index in [1.807, 2.05) is 0 Å². The van der Waals surface area contributed by atoms with Crippen molar-refractivity contribution in [2.45, 2.75) is 32.2 Å². The van der Waals surface area contributed by atoms with Gasteiger partial charge >= 0.3 is 12.0 Å². The van der Waals surface area contributed by atoms with Crippen LogP contribution in [0.5, 0.6) is 0 Å². The molecular formula is C11H20N2O4. The third kappa shape index (κ3) is 5.04. The van der Waals surface area contributed by atoms with Crippen molar-refractivity contribution in [1.82, 2.24) is 10.6 Å². The molecule has 98 valence electrons. The summed E-state index contributed by atoms with van der Waals surface area (Å²) >= 11 is 0. The van der Waals surface area contributed by atoms with Gasteiger partial charge in [-0.3, -0.25) is 0 Å². The lowest BCUT2D eigenvalue weighted by atomic mass is 10.1. The van der Waals surface area contributed by atoms with Crippen LogP contribution in [0, 0.1) is 5.92 Å². The largest absolute Gasteiger partial charge is 0.480 e. The summed E-state index contributed by atoms with van der Waals surface area (Å²) < 4.78 is 5.22. The molecule has 0 radical (unpaired) electrons. The van der Waals surface area contributed by atoms with Crippen LogP contribution in [0.15, 0.2) is 0 Å². The first-order valence-corrected chi connectivity index (χ1v) is 5.98. The lowest BCUT2D eigenvalue weighted by Crippen LogP contribution is -2.46. The number of hydrogen-bond donors (Lipinski definition) is 3. The number of amides is 2. The molecule has 0 aliphatic carbocycles. The van der Waals surface area contributed by atoms with E-state index < -0.39 is 18.0 Å². The molecule has 0 aromatic heterocycles. The fourth-order valence-electron chi connectivity index (χ4n) is 1.75. The second kappa shape index (κ2) is 7.11. The molecule has 1 heterocycles. The normalized spacial score (nSPS) is 20.9. The number of nitrogens with one attached hydrogen (secondary N) is 2. The van der Waals surface area contributed by atoms with Gasteiger partial charge in [-0.25, -0.2) is 9.59 Å². The van der Waals surface area contributed by atoms with E-state index in [-0.39, 0.29) is 0 Å². The van der Waals surface area contributed by atoms with Crippen LogP contribution in [0.2, 0.25) is 0 Å². The van der Waals surface area contributed by atoms with E-state index in [2.05, 4.69) is 10.6 Å². The number of ether oxygens (including phenoxy) is 1. The summed E-state index contributed by atoms with van der Waals surface area (Å²) in [5, 5.41) is 13.8. The van der Waals surface area contributed by atoms with E-state index in [0.717, 1.165) is 26.1 Å². The lowest BCUT2D eigenvalue weighted by Gasteiger charge is -2.14. The Bertz CT molecular complexity index is 264. The topological polar surface area (TPSA) is 87.7 Å². The Balaban J connectivity index is 2.13. The van der Waals surface area contributed by atoms with Crippen molar-refractivity contribution in [2.24, 2.45) is 5.92 Å². The van der Waals surface area contributed by atoms with Gasteiger partial charge in [0, 0.05) is 19.8 Å². The highest BCUT2D eigenvalue weighted by atomic mass is 16.5.